The van der Waals surface area contributed by atoms with E-state index in [1.165, 1.54) is 10.5 Å². The van der Waals surface area contributed by atoms with Crippen LogP contribution in [0.5, 0.6) is 0 Å². The molecule has 2 aliphatic rings. The van der Waals surface area contributed by atoms with E-state index >= 15 is 0 Å². The van der Waals surface area contributed by atoms with Crippen molar-refractivity contribution in [2.75, 3.05) is 13.2 Å². The molecule has 1 saturated heterocycles. The van der Waals surface area contributed by atoms with Gasteiger partial charge >= 0.3 is 6.09 Å². The highest BCUT2D eigenvalue weighted by molar-refractivity contribution is 5.69. The van der Waals surface area contributed by atoms with E-state index in [0.29, 0.717) is 25.6 Å². The summed E-state index contributed by atoms with van der Waals surface area (Å²) < 4.78 is 42.7. The predicted molar refractivity (Wildman–Crippen MR) is 129 cm³/mol. The lowest BCUT2D eigenvalue weighted by molar-refractivity contribution is -0.0504. The number of carbonyl (C=O) groups excluding carboxylic acids is 1. The number of amides is 1. The molecule has 35 heavy (non-hydrogen) atoms. The second kappa shape index (κ2) is 12.5. The van der Waals surface area contributed by atoms with Gasteiger partial charge in [-0.15, -0.1) is 0 Å². The molecule has 0 spiro atoms. The van der Waals surface area contributed by atoms with Crippen LogP contribution in [-0.4, -0.2) is 54.9 Å². The molecule has 2 fully saturated rings. The molecule has 2 aromatic carbocycles. The number of hydrogen-bond donors (Lipinski definition) is 0. The van der Waals surface area contributed by atoms with E-state index in [-0.39, 0.29) is 24.3 Å². The number of likely N-dealkylation sites (tertiary alicyclic amines) is 1. The number of nitrogens with zero attached hydrogens (tertiary/aromatic N) is 1. The first-order valence-electron chi connectivity index (χ1n) is 12.6. The van der Waals surface area contributed by atoms with Crippen LogP contribution in [0.1, 0.15) is 56.1 Å². The van der Waals surface area contributed by atoms with Gasteiger partial charge in [0.05, 0.1) is 31.5 Å². The van der Waals surface area contributed by atoms with Crippen molar-refractivity contribution in [1.29, 1.82) is 0 Å². The molecule has 0 aromatic heterocycles. The number of carbonyl (C=O) groups is 1. The average molecular weight is 488 g/mol. The van der Waals surface area contributed by atoms with Crippen LogP contribution in [0.15, 0.2) is 60.7 Å². The van der Waals surface area contributed by atoms with Crippen LogP contribution in [0, 0.1) is 0 Å². The summed E-state index contributed by atoms with van der Waals surface area (Å²) in [6.45, 7) is 1.70. The number of rotatable bonds is 9. The third kappa shape index (κ3) is 7.01. The molecule has 0 N–H and O–H groups in total. The first-order chi connectivity index (χ1) is 17.0. The minimum absolute atomic E-state index is 0.111. The van der Waals surface area contributed by atoms with Gasteiger partial charge in [-0.2, -0.15) is 0 Å². The minimum atomic E-state index is -2.70. The number of ether oxygens (including phenoxy) is 3. The van der Waals surface area contributed by atoms with Crippen LogP contribution in [0.2, 0.25) is 0 Å². The summed E-state index contributed by atoms with van der Waals surface area (Å²) in [4.78, 5) is 14.2. The Hall–Kier alpha value is -2.51. The Bertz CT molecular complexity index is 906. The predicted octanol–water partition coefficient (Wildman–Crippen LogP) is 6.18. The van der Waals surface area contributed by atoms with Crippen LogP contribution in [-0.2, 0) is 20.8 Å². The molecule has 190 valence electrons. The van der Waals surface area contributed by atoms with E-state index in [1.54, 1.807) is 0 Å². The quantitative estimate of drug-likeness (QED) is 0.424. The van der Waals surface area contributed by atoms with Crippen molar-refractivity contribution in [2.45, 2.75) is 82.3 Å². The highest BCUT2D eigenvalue weighted by Crippen LogP contribution is 2.35. The van der Waals surface area contributed by atoms with Crippen molar-refractivity contribution in [1.82, 2.24) is 4.90 Å². The Morgan fingerprint density at radius 1 is 0.971 bits per heavy atom. The molecular weight excluding hydrogens is 452 g/mol. The zero-order valence-electron chi connectivity index (χ0n) is 20.2. The van der Waals surface area contributed by atoms with Gasteiger partial charge < -0.3 is 14.2 Å². The largest absolute Gasteiger partial charge is 0.443 e. The Kier molecular flexibility index (Phi) is 9.10. The molecule has 1 saturated carbocycles. The van der Waals surface area contributed by atoms with Crippen molar-refractivity contribution in [3.63, 3.8) is 0 Å². The van der Waals surface area contributed by atoms with Gasteiger partial charge in [0.2, 0.25) is 0 Å². The topological polar surface area (TPSA) is 48.0 Å². The normalized spacial score (nSPS) is 26.7. The smallest absolute Gasteiger partial charge is 0.410 e. The number of alkyl halides is 2. The van der Waals surface area contributed by atoms with Gasteiger partial charge in [0, 0.05) is 6.04 Å². The van der Waals surface area contributed by atoms with Crippen molar-refractivity contribution >= 4 is 6.09 Å². The summed E-state index contributed by atoms with van der Waals surface area (Å²) in [6, 6.07) is 19.8. The minimum Gasteiger partial charge on any atom is -0.443 e. The maximum Gasteiger partial charge on any atom is 0.410 e. The molecule has 2 aromatic rings. The molecule has 1 amide bonds. The van der Waals surface area contributed by atoms with E-state index in [9.17, 15) is 13.6 Å². The molecule has 2 unspecified atom stereocenters. The number of halogens is 2. The second-order valence-electron chi connectivity index (χ2n) is 9.58. The van der Waals surface area contributed by atoms with Gasteiger partial charge in [-0.3, -0.25) is 4.90 Å². The molecule has 5 nitrogen and oxygen atoms in total. The zero-order valence-corrected chi connectivity index (χ0v) is 20.2. The molecule has 1 aliphatic carbocycles. The highest BCUT2D eigenvalue weighted by Gasteiger charge is 2.44. The van der Waals surface area contributed by atoms with Gasteiger partial charge in [0.25, 0.3) is 6.43 Å². The molecule has 0 radical (unpaired) electrons. The van der Waals surface area contributed by atoms with Crippen LogP contribution >= 0.6 is 0 Å². The first kappa shape index (κ1) is 25.6. The maximum atomic E-state index is 12.7. The number of benzene rings is 2. The summed E-state index contributed by atoms with van der Waals surface area (Å²) in [7, 11) is 0. The standard InChI is InChI=1S/C28H35F2NO4/c1-20-16-26(34-17-21-8-4-2-5-9-21)25(31(20)28(32)35-19-27(29)30)18-33-24-14-12-23(13-15-24)22-10-6-3-7-11-22/h2-11,20,23-27H,12-19H2,1H3/t20-,23?,24?,25?,26?/m1/s1. The lowest BCUT2D eigenvalue weighted by Crippen LogP contribution is -2.47. The van der Waals surface area contributed by atoms with E-state index in [4.69, 9.17) is 14.2 Å². The first-order valence-corrected chi connectivity index (χ1v) is 12.6. The molecule has 0 bridgehead atoms. The molecule has 1 heterocycles. The Balaban J connectivity index is 1.36. The van der Waals surface area contributed by atoms with Crippen molar-refractivity contribution in [2.24, 2.45) is 0 Å². The Labute approximate surface area is 206 Å². The van der Waals surface area contributed by atoms with E-state index < -0.39 is 19.1 Å². The highest BCUT2D eigenvalue weighted by atomic mass is 19.3. The van der Waals surface area contributed by atoms with Crippen LogP contribution in [0.3, 0.4) is 0 Å². The number of hydrogen-bond acceptors (Lipinski definition) is 4. The fraction of sp³-hybridized carbons (Fsp3) is 0.536. The third-order valence-corrected chi connectivity index (χ3v) is 7.13. The summed E-state index contributed by atoms with van der Waals surface area (Å²) in [5, 5.41) is 0. The van der Waals surface area contributed by atoms with Crippen LogP contribution in [0.4, 0.5) is 13.6 Å². The second-order valence-corrected chi connectivity index (χ2v) is 9.58. The average Bonchev–Trinajstić information content (AvgIpc) is 3.21. The lowest BCUT2D eigenvalue weighted by atomic mass is 9.83. The molecule has 1 aliphatic heterocycles. The summed E-state index contributed by atoms with van der Waals surface area (Å²) in [6.07, 6.45) is 1.05. The molecular formula is C28H35F2NO4. The zero-order chi connectivity index (χ0) is 24.6. The van der Waals surface area contributed by atoms with Gasteiger partial charge in [0.15, 0.2) is 6.61 Å². The summed E-state index contributed by atoms with van der Waals surface area (Å²) in [5.74, 6) is 0.547. The SMILES string of the molecule is C[C@@H]1CC(OCc2ccccc2)C(COC2CCC(c3ccccc3)CC2)N1C(=O)OCC(F)F. The van der Waals surface area contributed by atoms with E-state index in [0.717, 1.165) is 31.2 Å². The molecule has 4 rings (SSSR count). The van der Waals surface area contributed by atoms with E-state index in [1.807, 2.05) is 43.3 Å². The lowest BCUT2D eigenvalue weighted by Gasteiger charge is -2.33. The van der Waals surface area contributed by atoms with Gasteiger partial charge in [-0.05, 0) is 56.1 Å². The molecule has 3 atom stereocenters. The summed E-state index contributed by atoms with van der Waals surface area (Å²) in [5.41, 5.74) is 2.41. The van der Waals surface area contributed by atoms with Gasteiger partial charge in [-0.1, -0.05) is 60.7 Å². The van der Waals surface area contributed by atoms with Crippen LogP contribution < -0.4 is 0 Å². The Morgan fingerprint density at radius 3 is 2.29 bits per heavy atom. The summed E-state index contributed by atoms with van der Waals surface area (Å²) >= 11 is 0. The molecule has 7 heteroatoms. The van der Waals surface area contributed by atoms with Crippen LogP contribution in [0.25, 0.3) is 0 Å². The Morgan fingerprint density at radius 2 is 1.63 bits per heavy atom. The van der Waals surface area contributed by atoms with E-state index in [2.05, 4.69) is 24.3 Å². The monoisotopic (exact) mass is 487 g/mol. The van der Waals surface area contributed by atoms with Gasteiger partial charge in [0.1, 0.15) is 0 Å². The fourth-order valence-electron chi connectivity index (χ4n) is 5.30. The maximum absolute atomic E-state index is 12.7. The fourth-order valence-corrected chi connectivity index (χ4v) is 5.30. The van der Waals surface area contributed by atoms with Gasteiger partial charge in [-0.25, -0.2) is 13.6 Å². The third-order valence-electron chi connectivity index (χ3n) is 7.13. The van der Waals surface area contributed by atoms with Crippen molar-refractivity contribution in [3.8, 4) is 0 Å². The van der Waals surface area contributed by atoms with Crippen molar-refractivity contribution < 1.29 is 27.8 Å². The van der Waals surface area contributed by atoms with Crippen molar-refractivity contribution in [3.05, 3.63) is 71.8 Å².